The monoisotopic (exact) mass is 367 g/mol. The summed E-state index contributed by atoms with van der Waals surface area (Å²) in [7, 11) is 1.62. The van der Waals surface area contributed by atoms with Crippen LogP contribution in [-0.4, -0.2) is 23.6 Å². The third kappa shape index (κ3) is 2.88. The van der Waals surface area contributed by atoms with Crippen LogP contribution in [0.4, 0.5) is 5.69 Å². The van der Waals surface area contributed by atoms with Crippen LogP contribution in [0.2, 0.25) is 5.02 Å². The van der Waals surface area contributed by atoms with Crippen LogP contribution in [0.3, 0.4) is 0 Å². The van der Waals surface area contributed by atoms with Gasteiger partial charge in [0, 0.05) is 17.6 Å². The van der Waals surface area contributed by atoms with Crippen LogP contribution in [0.25, 0.3) is 10.8 Å². The van der Waals surface area contributed by atoms with Gasteiger partial charge in [-0.2, -0.15) is 9.97 Å². The number of hydrogen-bond acceptors (Lipinski definition) is 4. The molecule has 0 saturated carbocycles. The van der Waals surface area contributed by atoms with E-state index in [-0.39, 0.29) is 0 Å². The van der Waals surface area contributed by atoms with Crippen molar-refractivity contribution >= 4 is 28.1 Å². The number of halogens is 1. The summed E-state index contributed by atoms with van der Waals surface area (Å²) in [6.45, 7) is 5.99. The van der Waals surface area contributed by atoms with Crippen molar-refractivity contribution < 1.29 is 4.74 Å². The van der Waals surface area contributed by atoms with Gasteiger partial charge >= 0.3 is 6.01 Å². The van der Waals surface area contributed by atoms with Gasteiger partial charge in [0.2, 0.25) is 0 Å². The highest BCUT2D eigenvalue weighted by Gasteiger charge is 2.25. The molecule has 26 heavy (non-hydrogen) atoms. The Hall–Kier alpha value is -2.33. The average Bonchev–Trinajstić information content (AvgIpc) is 2.66. The van der Waals surface area contributed by atoms with Crippen molar-refractivity contribution in [3.05, 3.63) is 58.4 Å². The van der Waals surface area contributed by atoms with Crippen molar-refractivity contribution in [1.82, 2.24) is 9.97 Å². The molecular weight excluding hydrogens is 346 g/mol. The zero-order valence-corrected chi connectivity index (χ0v) is 16.0. The van der Waals surface area contributed by atoms with E-state index in [1.807, 2.05) is 12.1 Å². The number of anilines is 1. The molecule has 0 fully saturated rings. The van der Waals surface area contributed by atoms with Crippen molar-refractivity contribution in [2.45, 2.75) is 32.7 Å². The van der Waals surface area contributed by atoms with Crippen molar-refractivity contribution in [3.8, 4) is 6.01 Å². The van der Waals surface area contributed by atoms with Crippen molar-refractivity contribution in [2.24, 2.45) is 0 Å². The molecule has 0 unspecified atom stereocenters. The van der Waals surface area contributed by atoms with Gasteiger partial charge in [0.25, 0.3) is 0 Å². The van der Waals surface area contributed by atoms with E-state index in [1.54, 1.807) is 7.11 Å². The molecule has 0 bridgehead atoms. The fraction of sp³-hybridized carbons (Fsp3) is 0.333. The van der Waals surface area contributed by atoms with Crippen LogP contribution in [0.15, 0.2) is 36.4 Å². The number of aromatic nitrogens is 2. The molecule has 0 aliphatic carbocycles. The maximum Gasteiger partial charge on any atom is 0.316 e. The van der Waals surface area contributed by atoms with Crippen LogP contribution < -0.4 is 9.64 Å². The van der Waals surface area contributed by atoms with Gasteiger partial charge in [0.1, 0.15) is 0 Å². The molecule has 1 aliphatic heterocycles. The fourth-order valence-corrected chi connectivity index (χ4v) is 4.03. The molecule has 5 heteroatoms. The van der Waals surface area contributed by atoms with E-state index in [9.17, 15) is 0 Å². The van der Waals surface area contributed by atoms with Crippen LogP contribution >= 0.6 is 11.6 Å². The lowest BCUT2D eigenvalue weighted by Crippen LogP contribution is -2.32. The minimum Gasteiger partial charge on any atom is -0.467 e. The second-order valence-corrected chi connectivity index (χ2v) is 7.37. The van der Waals surface area contributed by atoms with Crippen LogP contribution in [0.5, 0.6) is 6.01 Å². The maximum absolute atomic E-state index is 6.52. The summed E-state index contributed by atoms with van der Waals surface area (Å²) < 4.78 is 5.34. The Kier molecular flexibility index (Phi) is 4.45. The molecule has 134 valence electrons. The van der Waals surface area contributed by atoms with E-state index in [2.05, 4.69) is 53.0 Å². The summed E-state index contributed by atoms with van der Waals surface area (Å²) >= 11 is 6.52. The molecule has 0 atom stereocenters. The van der Waals surface area contributed by atoms with Gasteiger partial charge in [-0.15, -0.1) is 0 Å². The van der Waals surface area contributed by atoms with Gasteiger partial charge in [0.05, 0.1) is 30.1 Å². The largest absolute Gasteiger partial charge is 0.467 e. The van der Waals surface area contributed by atoms with Crippen molar-refractivity contribution in [2.75, 3.05) is 18.6 Å². The molecule has 2 aromatic carbocycles. The Labute approximate surface area is 158 Å². The summed E-state index contributed by atoms with van der Waals surface area (Å²) in [5.41, 5.74) is 4.57. The van der Waals surface area contributed by atoms with E-state index in [0.29, 0.717) is 11.9 Å². The third-order valence-corrected chi connectivity index (χ3v) is 5.29. The Morgan fingerprint density at radius 1 is 1.12 bits per heavy atom. The summed E-state index contributed by atoms with van der Waals surface area (Å²) in [4.78, 5) is 11.6. The Morgan fingerprint density at radius 3 is 2.62 bits per heavy atom. The minimum atomic E-state index is 0.346. The van der Waals surface area contributed by atoms with Crippen molar-refractivity contribution in [3.63, 3.8) is 0 Å². The molecule has 2 heterocycles. The SMILES string of the molecule is COc1nc2c(c(C(C)C)n1)CCN(c1cccc3cccc(Cl)c13)C2. The van der Waals surface area contributed by atoms with E-state index >= 15 is 0 Å². The highest BCUT2D eigenvalue weighted by atomic mass is 35.5. The molecule has 1 aromatic heterocycles. The summed E-state index contributed by atoms with van der Waals surface area (Å²) in [5.74, 6) is 0.346. The quantitative estimate of drug-likeness (QED) is 0.654. The number of methoxy groups -OCH3 is 1. The first-order valence-electron chi connectivity index (χ1n) is 8.94. The highest BCUT2D eigenvalue weighted by Crippen LogP contribution is 2.36. The van der Waals surface area contributed by atoms with Gasteiger partial charge in [-0.3, -0.25) is 0 Å². The summed E-state index contributed by atoms with van der Waals surface area (Å²) in [6, 6.07) is 12.8. The number of benzene rings is 2. The Morgan fingerprint density at radius 2 is 1.88 bits per heavy atom. The van der Waals surface area contributed by atoms with Gasteiger partial charge in [-0.1, -0.05) is 49.7 Å². The molecule has 0 amide bonds. The second kappa shape index (κ2) is 6.76. The smallest absolute Gasteiger partial charge is 0.316 e. The average molecular weight is 368 g/mol. The number of fused-ring (bicyclic) bond motifs is 2. The van der Waals surface area contributed by atoms with Crippen LogP contribution in [0.1, 0.15) is 36.7 Å². The fourth-order valence-electron chi connectivity index (χ4n) is 3.75. The maximum atomic E-state index is 6.52. The molecular formula is C21H22ClN3O. The van der Waals surface area contributed by atoms with E-state index < -0.39 is 0 Å². The van der Waals surface area contributed by atoms with E-state index in [0.717, 1.165) is 52.4 Å². The lowest BCUT2D eigenvalue weighted by atomic mass is 9.96. The molecule has 0 N–H and O–H groups in total. The minimum absolute atomic E-state index is 0.346. The molecule has 0 spiro atoms. The summed E-state index contributed by atoms with van der Waals surface area (Å²) in [6.07, 6.45) is 0.924. The van der Waals surface area contributed by atoms with Crippen LogP contribution in [0, 0.1) is 0 Å². The standard InChI is InChI=1S/C21H22ClN3O/c1-13(2)20-15-10-11-25(12-17(15)23-21(24-20)26-3)18-9-5-7-14-6-4-8-16(22)19(14)18/h4-9,13H,10-12H2,1-3H3. The molecule has 0 saturated heterocycles. The lowest BCUT2D eigenvalue weighted by molar-refractivity contribution is 0.373. The predicted molar refractivity (Wildman–Crippen MR) is 106 cm³/mol. The van der Waals surface area contributed by atoms with E-state index in [1.165, 1.54) is 5.56 Å². The number of nitrogens with zero attached hydrogens (tertiary/aromatic N) is 3. The Bertz CT molecular complexity index is 966. The third-order valence-electron chi connectivity index (χ3n) is 4.98. The summed E-state index contributed by atoms with van der Waals surface area (Å²) in [5, 5.41) is 3.04. The number of rotatable bonds is 3. The zero-order valence-electron chi connectivity index (χ0n) is 15.3. The second-order valence-electron chi connectivity index (χ2n) is 6.96. The van der Waals surface area contributed by atoms with Crippen molar-refractivity contribution in [1.29, 1.82) is 0 Å². The predicted octanol–water partition coefficient (Wildman–Crippen LogP) is 4.98. The first-order valence-corrected chi connectivity index (χ1v) is 9.32. The first kappa shape index (κ1) is 17.1. The van der Waals surface area contributed by atoms with Crippen LogP contribution in [-0.2, 0) is 13.0 Å². The molecule has 3 aromatic rings. The van der Waals surface area contributed by atoms with Gasteiger partial charge < -0.3 is 9.64 Å². The topological polar surface area (TPSA) is 38.3 Å². The normalized spacial score (nSPS) is 14.0. The lowest BCUT2D eigenvalue weighted by Gasteiger charge is -2.32. The molecule has 4 rings (SSSR count). The Balaban J connectivity index is 1.79. The van der Waals surface area contributed by atoms with Gasteiger partial charge in [-0.05, 0) is 35.4 Å². The molecule has 0 radical (unpaired) electrons. The van der Waals surface area contributed by atoms with E-state index in [4.69, 9.17) is 16.3 Å². The molecule has 1 aliphatic rings. The van der Waals surface area contributed by atoms with Gasteiger partial charge in [-0.25, -0.2) is 0 Å². The molecule has 4 nitrogen and oxygen atoms in total. The first-order chi connectivity index (χ1) is 12.6. The highest BCUT2D eigenvalue weighted by molar-refractivity contribution is 6.36. The number of hydrogen-bond donors (Lipinski definition) is 0. The zero-order chi connectivity index (χ0) is 18.3. The number of ether oxygens (including phenoxy) is 1. The van der Waals surface area contributed by atoms with Gasteiger partial charge in [0.15, 0.2) is 0 Å².